The van der Waals surface area contributed by atoms with Crippen LogP contribution in [0.4, 0.5) is 4.39 Å². The topological polar surface area (TPSA) is 26.3 Å². The van der Waals surface area contributed by atoms with E-state index in [-0.39, 0.29) is 18.4 Å². The number of benzene rings is 1. The minimum absolute atomic E-state index is 0.220. The minimum Gasteiger partial charge on any atom is -0.461 e. The van der Waals surface area contributed by atoms with Gasteiger partial charge in [-0.2, -0.15) is 0 Å². The molecule has 0 saturated carbocycles. The molecule has 0 unspecified atom stereocenters. The number of carbonyl (C=O) groups excluding carboxylic acids is 1. The molecule has 0 aliphatic carbocycles. The smallest absolute Gasteiger partial charge is 0.302 e. The molecule has 0 amide bonds. The normalized spacial score (nSPS) is 11.3. The lowest BCUT2D eigenvalue weighted by Gasteiger charge is -2.07. The molecule has 80 valence electrons. The van der Waals surface area contributed by atoms with Crippen LogP contribution < -0.4 is 0 Å². The van der Waals surface area contributed by atoms with Crippen LogP contribution in [0.5, 0.6) is 0 Å². The van der Waals surface area contributed by atoms with Crippen LogP contribution in [0.2, 0.25) is 0 Å². The number of hydrogen-bond donors (Lipinski definition) is 0. The summed E-state index contributed by atoms with van der Waals surface area (Å²) in [5.74, 6) is -0.599. The first-order chi connectivity index (χ1) is 7.13. The van der Waals surface area contributed by atoms with Gasteiger partial charge in [0.1, 0.15) is 12.4 Å². The van der Waals surface area contributed by atoms with Crippen LogP contribution in [-0.2, 0) is 9.53 Å². The Morgan fingerprint density at radius 1 is 1.40 bits per heavy atom. The maximum absolute atomic E-state index is 12.7. The highest BCUT2D eigenvalue weighted by Gasteiger charge is 2.02. The van der Waals surface area contributed by atoms with Gasteiger partial charge in [0.15, 0.2) is 0 Å². The molecule has 1 rings (SSSR count). The van der Waals surface area contributed by atoms with Gasteiger partial charge >= 0.3 is 5.97 Å². The van der Waals surface area contributed by atoms with Crippen molar-refractivity contribution in [1.29, 1.82) is 0 Å². The molecule has 1 aromatic rings. The molecule has 0 bridgehead atoms. The molecule has 0 aliphatic heterocycles. The van der Waals surface area contributed by atoms with Crippen LogP contribution in [0.15, 0.2) is 30.3 Å². The molecule has 0 radical (unpaired) electrons. The van der Waals surface area contributed by atoms with E-state index in [1.165, 1.54) is 19.1 Å². The van der Waals surface area contributed by atoms with Gasteiger partial charge in [0.2, 0.25) is 0 Å². The zero-order valence-corrected chi connectivity index (χ0v) is 8.79. The standard InChI is InChI=1S/C12H13FO2/c1-3-10(8-15-9(2)14)11-4-6-12(13)7-5-11/h3-7H,8H2,1-2H3/b10-3+. The first-order valence-corrected chi connectivity index (χ1v) is 4.68. The summed E-state index contributed by atoms with van der Waals surface area (Å²) in [5, 5.41) is 0. The lowest BCUT2D eigenvalue weighted by Crippen LogP contribution is -2.02. The predicted molar refractivity (Wildman–Crippen MR) is 56.7 cm³/mol. The van der Waals surface area contributed by atoms with Crippen LogP contribution in [0, 0.1) is 5.82 Å². The van der Waals surface area contributed by atoms with Crippen molar-refractivity contribution in [2.45, 2.75) is 13.8 Å². The highest BCUT2D eigenvalue weighted by Crippen LogP contribution is 2.15. The van der Waals surface area contributed by atoms with E-state index in [9.17, 15) is 9.18 Å². The summed E-state index contributed by atoms with van der Waals surface area (Å²) < 4.78 is 17.5. The summed E-state index contributed by atoms with van der Waals surface area (Å²) in [7, 11) is 0. The maximum Gasteiger partial charge on any atom is 0.302 e. The molecule has 0 saturated heterocycles. The first-order valence-electron chi connectivity index (χ1n) is 4.68. The van der Waals surface area contributed by atoms with Gasteiger partial charge < -0.3 is 4.74 Å². The number of esters is 1. The summed E-state index contributed by atoms with van der Waals surface area (Å²) in [5.41, 5.74) is 1.73. The Morgan fingerprint density at radius 3 is 2.47 bits per heavy atom. The van der Waals surface area contributed by atoms with Gasteiger partial charge in [0.25, 0.3) is 0 Å². The van der Waals surface area contributed by atoms with Crippen molar-refractivity contribution < 1.29 is 13.9 Å². The SMILES string of the molecule is C/C=C(\COC(C)=O)c1ccc(F)cc1. The Kier molecular flexibility index (Phi) is 4.03. The van der Waals surface area contributed by atoms with Gasteiger partial charge in [-0.25, -0.2) is 4.39 Å². The molecule has 0 aliphatic rings. The molecular formula is C12H13FO2. The number of halogens is 1. The van der Waals surface area contributed by atoms with E-state index in [4.69, 9.17) is 4.74 Å². The van der Waals surface area contributed by atoms with Gasteiger partial charge in [0, 0.05) is 6.92 Å². The summed E-state index contributed by atoms with van der Waals surface area (Å²) in [6, 6.07) is 6.08. The molecule has 15 heavy (non-hydrogen) atoms. The molecule has 2 nitrogen and oxygen atoms in total. The third-order valence-corrected chi connectivity index (χ3v) is 1.99. The largest absolute Gasteiger partial charge is 0.461 e. The average molecular weight is 208 g/mol. The van der Waals surface area contributed by atoms with Gasteiger partial charge in [-0.1, -0.05) is 18.2 Å². The Bertz CT molecular complexity index is 366. The van der Waals surface area contributed by atoms with Crippen LogP contribution in [-0.4, -0.2) is 12.6 Å². The fraction of sp³-hybridized carbons (Fsp3) is 0.250. The second-order valence-corrected chi connectivity index (χ2v) is 3.10. The number of hydrogen-bond acceptors (Lipinski definition) is 2. The predicted octanol–water partition coefficient (Wildman–Crippen LogP) is 2.79. The third kappa shape index (κ3) is 3.54. The Balaban J connectivity index is 2.75. The Morgan fingerprint density at radius 2 is 2.00 bits per heavy atom. The lowest BCUT2D eigenvalue weighted by molar-refractivity contribution is -0.139. The van der Waals surface area contributed by atoms with Gasteiger partial charge in [-0.3, -0.25) is 4.79 Å². The van der Waals surface area contributed by atoms with E-state index >= 15 is 0 Å². The van der Waals surface area contributed by atoms with E-state index in [1.807, 2.05) is 13.0 Å². The van der Waals surface area contributed by atoms with E-state index in [0.717, 1.165) is 11.1 Å². The molecule has 0 heterocycles. The molecule has 0 spiro atoms. The van der Waals surface area contributed by atoms with Crippen molar-refractivity contribution in [1.82, 2.24) is 0 Å². The number of rotatable bonds is 3. The molecule has 0 fully saturated rings. The zero-order valence-electron chi connectivity index (χ0n) is 8.79. The van der Waals surface area contributed by atoms with Crippen molar-refractivity contribution in [3.8, 4) is 0 Å². The summed E-state index contributed by atoms with van der Waals surface area (Å²) in [6.07, 6.45) is 1.84. The van der Waals surface area contributed by atoms with Crippen LogP contribution in [0.3, 0.4) is 0 Å². The van der Waals surface area contributed by atoms with Crippen LogP contribution in [0.1, 0.15) is 19.4 Å². The fourth-order valence-corrected chi connectivity index (χ4v) is 1.18. The fourth-order valence-electron chi connectivity index (χ4n) is 1.18. The summed E-state index contributed by atoms with van der Waals surface area (Å²) in [4.78, 5) is 10.6. The zero-order chi connectivity index (χ0) is 11.3. The highest BCUT2D eigenvalue weighted by molar-refractivity contribution is 5.71. The average Bonchev–Trinajstić information content (AvgIpc) is 2.21. The van der Waals surface area contributed by atoms with Crippen molar-refractivity contribution in [3.63, 3.8) is 0 Å². The van der Waals surface area contributed by atoms with E-state index < -0.39 is 0 Å². The van der Waals surface area contributed by atoms with Crippen molar-refractivity contribution in [3.05, 3.63) is 41.7 Å². The van der Waals surface area contributed by atoms with E-state index in [2.05, 4.69) is 0 Å². The molecule has 0 atom stereocenters. The molecular weight excluding hydrogens is 195 g/mol. The first kappa shape index (κ1) is 11.4. The summed E-state index contributed by atoms with van der Waals surface area (Å²) >= 11 is 0. The maximum atomic E-state index is 12.7. The van der Waals surface area contributed by atoms with Gasteiger partial charge in [-0.15, -0.1) is 0 Å². The lowest BCUT2D eigenvalue weighted by atomic mass is 10.1. The van der Waals surface area contributed by atoms with Crippen molar-refractivity contribution >= 4 is 11.5 Å². The monoisotopic (exact) mass is 208 g/mol. The van der Waals surface area contributed by atoms with Gasteiger partial charge in [0.05, 0.1) is 0 Å². The van der Waals surface area contributed by atoms with E-state index in [1.54, 1.807) is 12.1 Å². The second kappa shape index (κ2) is 5.29. The van der Waals surface area contributed by atoms with Crippen molar-refractivity contribution in [2.24, 2.45) is 0 Å². The Labute approximate surface area is 88.4 Å². The Hall–Kier alpha value is -1.64. The molecule has 0 N–H and O–H groups in total. The number of carbonyl (C=O) groups is 1. The highest BCUT2D eigenvalue weighted by atomic mass is 19.1. The van der Waals surface area contributed by atoms with Crippen molar-refractivity contribution in [2.75, 3.05) is 6.61 Å². The number of allylic oxidation sites excluding steroid dienone is 1. The quantitative estimate of drug-likeness (QED) is 0.714. The van der Waals surface area contributed by atoms with Gasteiger partial charge in [-0.05, 0) is 30.2 Å². The molecule has 3 heteroatoms. The van der Waals surface area contributed by atoms with E-state index in [0.29, 0.717) is 0 Å². The van der Waals surface area contributed by atoms with Crippen LogP contribution >= 0.6 is 0 Å². The second-order valence-electron chi connectivity index (χ2n) is 3.10. The third-order valence-electron chi connectivity index (χ3n) is 1.99. The summed E-state index contributed by atoms with van der Waals surface area (Å²) in [6.45, 7) is 3.43. The molecule has 1 aromatic carbocycles. The van der Waals surface area contributed by atoms with Crippen LogP contribution in [0.25, 0.3) is 5.57 Å². The minimum atomic E-state index is -0.323. The number of ether oxygens (including phenoxy) is 1. The molecule has 0 aromatic heterocycles.